The largest absolute Gasteiger partial charge is 0.424 e. The van der Waals surface area contributed by atoms with Crippen molar-refractivity contribution in [2.24, 2.45) is 0 Å². The quantitative estimate of drug-likeness (QED) is 0.897. The predicted octanol–water partition coefficient (Wildman–Crippen LogP) is 1.45. The van der Waals surface area contributed by atoms with Crippen molar-refractivity contribution >= 4 is 0 Å². The van der Waals surface area contributed by atoms with Gasteiger partial charge in [0.15, 0.2) is 5.82 Å². The van der Waals surface area contributed by atoms with E-state index in [9.17, 15) is 0 Å². The molecule has 3 heterocycles. The van der Waals surface area contributed by atoms with E-state index < -0.39 is 0 Å². The van der Waals surface area contributed by atoms with Crippen LogP contribution in [-0.4, -0.2) is 31.0 Å². The SMILES string of the molecule is CCc1nc2n(n1)C[C@@H](NCc1nnc(C(C)C)o1)CC2. The highest BCUT2D eigenvalue weighted by atomic mass is 16.4. The van der Waals surface area contributed by atoms with Crippen LogP contribution in [-0.2, 0) is 25.9 Å². The van der Waals surface area contributed by atoms with Crippen LogP contribution in [0.3, 0.4) is 0 Å². The monoisotopic (exact) mass is 290 g/mol. The highest BCUT2D eigenvalue weighted by Crippen LogP contribution is 2.15. The summed E-state index contributed by atoms with van der Waals surface area (Å²) in [6.45, 7) is 7.63. The minimum Gasteiger partial charge on any atom is -0.424 e. The summed E-state index contributed by atoms with van der Waals surface area (Å²) in [6, 6.07) is 0.373. The van der Waals surface area contributed by atoms with Crippen LogP contribution >= 0.6 is 0 Å². The normalized spacial score (nSPS) is 18.2. The van der Waals surface area contributed by atoms with Gasteiger partial charge in [-0.2, -0.15) is 5.10 Å². The topological polar surface area (TPSA) is 81.7 Å². The Morgan fingerprint density at radius 2 is 2.24 bits per heavy atom. The second-order valence-corrected chi connectivity index (χ2v) is 5.79. The molecule has 1 aliphatic heterocycles. The third kappa shape index (κ3) is 3.12. The van der Waals surface area contributed by atoms with E-state index in [1.54, 1.807) is 0 Å². The average Bonchev–Trinajstić information content (AvgIpc) is 3.10. The lowest BCUT2D eigenvalue weighted by Crippen LogP contribution is -2.37. The number of nitrogens with one attached hydrogen (secondary N) is 1. The molecule has 0 bridgehead atoms. The molecule has 114 valence electrons. The fraction of sp³-hybridized carbons (Fsp3) is 0.714. The van der Waals surface area contributed by atoms with Crippen molar-refractivity contribution in [2.45, 2.75) is 65.1 Å². The number of hydrogen-bond acceptors (Lipinski definition) is 6. The number of rotatable bonds is 5. The Bertz CT molecular complexity index is 602. The smallest absolute Gasteiger partial charge is 0.230 e. The van der Waals surface area contributed by atoms with Gasteiger partial charge in [-0.05, 0) is 6.42 Å². The molecule has 0 unspecified atom stereocenters. The summed E-state index contributed by atoms with van der Waals surface area (Å²) in [5, 5.41) is 16.1. The second kappa shape index (κ2) is 5.93. The molecule has 1 atom stereocenters. The summed E-state index contributed by atoms with van der Waals surface area (Å²) in [4.78, 5) is 4.53. The van der Waals surface area contributed by atoms with Crippen molar-refractivity contribution in [3.63, 3.8) is 0 Å². The Morgan fingerprint density at radius 1 is 1.38 bits per heavy atom. The standard InChI is InChI=1S/C14H22N6O/c1-4-11-16-12-6-5-10(8-20(12)19-11)15-7-13-17-18-14(21-13)9(2)3/h9-10,15H,4-8H2,1-3H3/t10-/m0/s1. The van der Waals surface area contributed by atoms with Gasteiger partial charge in [-0.3, -0.25) is 0 Å². The Balaban J connectivity index is 1.56. The molecule has 7 nitrogen and oxygen atoms in total. The first-order valence-corrected chi connectivity index (χ1v) is 7.64. The van der Waals surface area contributed by atoms with E-state index in [4.69, 9.17) is 4.42 Å². The number of hydrogen-bond donors (Lipinski definition) is 1. The van der Waals surface area contributed by atoms with Crippen LogP contribution in [0.5, 0.6) is 0 Å². The molecule has 1 N–H and O–H groups in total. The van der Waals surface area contributed by atoms with Gasteiger partial charge in [0, 0.05) is 24.8 Å². The Morgan fingerprint density at radius 3 is 2.95 bits per heavy atom. The minimum atomic E-state index is 0.270. The maximum atomic E-state index is 5.61. The molecule has 3 rings (SSSR count). The van der Waals surface area contributed by atoms with Crippen LogP contribution in [0.25, 0.3) is 0 Å². The number of aromatic nitrogens is 5. The molecule has 0 amide bonds. The van der Waals surface area contributed by atoms with Crippen LogP contribution < -0.4 is 5.32 Å². The third-order valence-corrected chi connectivity index (χ3v) is 3.74. The number of aryl methyl sites for hydroxylation is 2. The maximum Gasteiger partial charge on any atom is 0.230 e. The van der Waals surface area contributed by atoms with Crippen molar-refractivity contribution in [1.82, 2.24) is 30.3 Å². The van der Waals surface area contributed by atoms with Crippen molar-refractivity contribution in [3.8, 4) is 0 Å². The van der Waals surface area contributed by atoms with Crippen LogP contribution in [0.1, 0.15) is 56.5 Å². The summed E-state index contributed by atoms with van der Waals surface area (Å²) in [7, 11) is 0. The Labute approximate surface area is 124 Å². The summed E-state index contributed by atoms with van der Waals surface area (Å²) in [5.74, 6) is 3.65. The number of nitrogens with zero attached hydrogens (tertiary/aromatic N) is 5. The third-order valence-electron chi connectivity index (χ3n) is 3.74. The van der Waals surface area contributed by atoms with Gasteiger partial charge in [0.2, 0.25) is 11.8 Å². The fourth-order valence-corrected chi connectivity index (χ4v) is 2.48. The van der Waals surface area contributed by atoms with E-state index in [2.05, 4.69) is 32.5 Å². The molecule has 0 spiro atoms. The van der Waals surface area contributed by atoms with Gasteiger partial charge >= 0.3 is 0 Å². The van der Waals surface area contributed by atoms with Gasteiger partial charge in [-0.1, -0.05) is 20.8 Å². The molecule has 0 saturated carbocycles. The first-order chi connectivity index (χ1) is 10.2. The van der Waals surface area contributed by atoms with Crippen LogP contribution in [0, 0.1) is 0 Å². The van der Waals surface area contributed by atoms with Gasteiger partial charge < -0.3 is 9.73 Å². The van der Waals surface area contributed by atoms with Crippen LogP contribution in [0.15, 0.2) is 4.42 Å². The van der Waals surface area contributed by atoms with Crippen molar-refractivity contribution in [1.29, 1.82) is 0 Å². The van der Waals surface area contributed by atoms with E-state index in [-0.39, 0.29) is 5.92 Å². The van der Waals surface area contributed by atoms with Crippen molar-refractivity contribution in [3.05, 3.63) is 23.4 Å². The van der Waals surface area contributed by atoms with Crippen LogP contribution in [0.4, 0.5) is 0 Å². The molecular weight excluding hydrogens is 268 g/mol. The zero-order chi connectivity index (χ0) is 14.8. The van der Waals surface area contributed by atoms with E-state index in [0.29, 0.717) is 24.4 Å². The molecule has 7 heteroatoms. The van der Waals surface area contributed by atoms with Gasteiger partial charge in [0.25, 0.3) is 0 Å². The lowest BCUT2D eigenvalue weighted by molar-refractivity contribution is 0.335. The van der Waals surface area contributed by atoms with Gasteiger partial charge in [0.05, 0.1) is 13.1 Å². The molecule has 0 saturated heterocycles. The van der Waals surface area contributed by atoms with Gasteiger partial charge in [-0.25, -0.2) is 9.67 Å². The summed E-state index contributed by atoms with van der Waals surface area (Å²) in [6.07, 6.45) is 2.91. The van der Waals surface area contributed by atoms with Gasteiger partial charge in [-0.15, -0.1) is 10.2 Å². The molecule has 2 aromatic heterocycles. The first kappa shape index (κ1) is 14.2. The van der Waals surface area contributed by atoms with E-state index in [0.717, 1.165) is 37.5 Å². The fourth-order valence-electron chi connectivity index (χ4n) is 2.48. The second-order valence-electron chi connectivity index (χ2n) is 5.79. The highest BCUT2D eigenvalue weighted by Gasteiger charge is 2.21. The van der Waals surface area contributed by atoms with E-state index >= 15 is 0 Å². The van der Waals surface area contributed by atoms with Gasteiger partial charge in [0.1, 0.15) is 5.82 Å². The number of fused-ring (bicyclic) bond motifs is 1. The molecule has 1 aliphatic rings. The molecule has 2 aromatic rings. The highest BCUT2D eigenvalue weighted by molar-refractivity contribution is 4.98. The molecular formula is C14H22N6O. The van der Waals surface area contributed by atoms with E-state index in [1.807, 2.05) is 18.5 Å². The summed E-state index contributed by atoms with van der Waals surface area (Å²) in [5.41, 5.74) is 0. The Kier molecular flexibility index (Phi) is 4.01. The molecule has 21 heavy (non-hydrogen) atoms. The Hall–Kier alpha value is -1.76. The average molecular weight is 290 g/mol. The van der Waals surface area contributed by atoms with E-state index in [1.165, 1.54) is 0 Å². The summed E-state index contributed by atoms with van der Waals surface area (Å²) < 4.78 is 7.63. The maximum absolute atomic E-state index is 5.61. The zero-order valence-electron chi connectivity index (χ0n) is 12.8. The summed E-state index contributed by atoms with van der Waals surface area (Å²) >= 11 is 0. The zero-order valence-corrected chi connectivity index (χ0v) is 12.8. The molecule has 0 fully saturated rings. The molecule has 0 aliphatic carbocycles. The lowest BCUT2D eigenvalue weighted by Gasteiger charge is -2.22. The predicted molar refractivity (Wildman–Crippen MR) is 76.7 cm³/mol. The molecule has 0 radical (unpaired) electrons. The lowest BCUT2D eigenvalue weighted by atomic mass is 10.1. The minimum absolute atomic E-state index is 0.270. The van der Waals surface area contributed by atoms with Crippen molar-refractivity contribution < 1.29 is 4.42 Å². The van der Waals surface area contributed by atoms with Crippen molar-refractivity contribution in [2.75, 3.05) is 0 Å². The molecule has 0 aromatic carbocycles. The first-order valence-electron chi connectivity index (χ1n) is 7.64. The van der Waals surface area contributed by atoms with Crippen LogP contribution in [0.2, 0.25) is 0 Å².